The van der Waals surface area contributed by atoms with Gasteiger partial charge in [-0.15, -0.1) is 0 Å². The predicted molar refractivity (Wildman–Crippen MR) is 70.6 cm³/mol. The zero-order valence-corrected chi connectivity index (χ0v) is 10.7. The Morgan fingerprint density at radius 3 is 2.61 bits per heavy atom. The average molecular weight is 288 g/mol. The number of urea groups is 1. The lowest BCUT2D eigenvalue weighted by Crippen LogP contribution is -2.38. The van der Waals surface area contributed by atoms with Crippen LogP contribution in [0.15, 0.2) is 18.2 Å². The number of primary amides is 1. The van der Waals surface area contributed by atoms with Crippen LogP contribution in [0.3, 0.4) is 0 Å². The van der Waals surface area contributed by atoms with Crippen molar-refractivity contribution < 1.29 is 14.3 Å². The number of thiocarbonyl (C=S) groups is 1. The smallest absolute Gasteiger partial charge is 0.318 e. The third-order valence-corrected chi connectivity index (χ3v) is 2.36. The van der Waals surface area contributed by atoms with E-state index in [0.29, 0.717) is 10.6 Å². The molecular formula is C10H10ClN3O3S. The van der Waals surface area contributed by atoms with Crippen LogP contribution in [0.1, 0.15) is 5.56 Å². The van der Waals surface area contributed by atoms with Gasteiger partial charge in [0, 0.05) is 0 Å². The number of benzene rings is 1. The molecule has 0 heterocycles. The Hall–Kier alpha value is -1.86. The molecule has 0 fully saturated rings. The predicted octanol–water partition coefficient (Wildman–Crippen LogP) is 0.548. The summed E-state index contributed by atoms with van der Waals surface area (Å²) >= 11 is 10.7. The van der Waals surface area contributed by atoms with Gasteiger partial charge < -0.3 is 16.2 Å². The minimum absolute atomic E-state index is 0.0471. The van der Waals surface area contributed by atoms with E-state index in [2.05, 4.69) is 0 Å². The molecule has 0 aliphatic heterocycles. The Morgan fingerprint density at radius 2 is 2.06 bits per heavy atom. The van der Waals surface area contributed by atoms with E-state index in [4.69, 9.17) is 40.0 Å². The average Bonchev–Trinajstić information content (AvgIpc) is 2.24. The molecule has 1 rings (SSSR count). The fourth-order valence-corrected chi connectivity index (χ4v) is 1.71. The maximum Gasteiger partial charge on any atom is 0.318 e. The largest absolute Gasteiger partial charge is 0.483 e. The van der Waals surface area contributed by atoms with Crippen LogP contribution in [0.5, 0.6) is 5.75 Å². The molecule has 0 saturated heterocycles. The summed E-state index contributed by atoms with van der Waals surface area (Å²) in [6, 6.07) is 3.81. The van der Waals surface area contributed by atoms with Gasteiger partial charge in [0.2, 0.25) is 0 Å². The molecule has 0 aliphatic carbocycles. The van der Waals surface area contributed by atoms with Crippen molar-refractivity contribution >= 4 is 40.7 Å². The van der Waals surface area contributed by atoms with Crippen LogP contribution < -0.4 is 21.5 Å². The highest BCUT2D eigenvalue weighted by molar-refractivity contribution is 7.80. The molecule has 0 aromatic heterocycles. The summed E-state index contributed by atoms with van der Waals surface area (Å²) in [5, 5.41) is 2.17. The molecule has 0 radical (unpaired) electrons. The first-order valence-electron chi connectivity index (χ1n) is 4.72. The van der Waals surface area contributed by atoms with Crippen LogP contribution >= 0.6 is 23.8 Å². The van der Waals surface area contributed by atoms with Crippen molar-refractivity contribution in [3.8, 4) is 5.75 Å². The van der Waals surface area contributed by atoms with Crippen molar-refractivity contribution in [2.75, 3.05) is 6.61 Å². The van der Waals surface area contributed by atoms with E-state index in [0.717, 1.165) is 0 Å². The van der Waals surface area contributed by atoms with Gasteiger partial charge in [-0.1, -0.05) is 29.9 Å². The van der Waals surface area contributed by atoms with Gasteiger partial charge in [0.15, 0.2) is 6.61 Å². The highest BCUT2D eigenvalue weighted by Crippen LogP contribution is 2.26. The number of halogens is 1. The SMILES string of the molecule is NC(=O)NC(=O)COc1cccc(Cl)c1C(N)=S. The molecule has 96 valence electrons. The third kappa shape index (κ3) is 3.86. The number of hydrogen-bond donors (Lipinski definition) is 3. The van der Waals surface area contributed by atoms with Crippen molar-refractivity contribution in [1.29, 1.82) is 0 Å². The highest BCUT2D eigenvalue weighted by atomic mass is 35.5. The molecule has 0 atom stereocenters. The summed E-state index contributed by atoms with van der Waals surface area (Å²) in [7, 11) is 0. The molecule has 18 heavy (non-hydrogen) atoms. The van der Waals surface area contributed by atoms with Crippen molar-refractivity contribution in [2.45, 2.75) is 0 Å². The minimum Gasteiger partial charge on any atom is -0.483 e. The zero-order chi connectivity index (χ0) is 13.7. The number of rotatable bonds is 4. The van der Waals surface area contributed by atoms with Gasteiger partial charge in [-0.25, -0.2) is 4.79 Å². The van der Waals surface area contributed by atoms with Crippen LogP contribution in [-0.4, -0.2) is 23.5 Å². The molecule has 0 bridgehead atoms. The normalized spacial score (nSPS) is 9.61. The lowest BCUT2D eigenvalue weighted by molar-refractivity contribution is -0.121. The van der Waals surface area contributed by atoms with E-state index in [9.17, 15) is 9.59 Å². The third-order valence-electron chi connectivity index (χ3n) is 1.84. The summed E-state index contributed by atoms with van der Waals surface area (Å²) in [6.45, 7) is -0.404. The van der Waals surface area contributed by atoms with Crippen molar-refractivity contribution in [1.82, 2.24) is 5.32 Å². The van der Waals surface area contributed by atoms with Crippen molar-refractivity contribution in [3.63, 3.8) is 0 Å². The van der Waals surface area contributed by atoms with Crippen LogP contribution in [0.25, 0.3) is 0 Å². The number of carbonyl (C=O) groups excluding carboxylic acids is 2. The number of nitrogens with one attached hydrogen (secondary N) is 1. The zero-order valence-electron chi connectivity index (χ0n) is 9.10. The van der Waals surface area contributed by atoms with Gasteiger partial charge in [-0.3, -0.25) is 10.1 Å². The first kappa shape index (κ1) is 14.2. The van der Waals surface area contributed by atoms with E-state index < -0.39 is 18.5 Å². The minimum atomic E-state index is -0.954. The molecule has 6 nitrogen and oxygen atoms in total. The summed E-state index contributed by atoms with van der Waals surface area (Å²) in [6.07, 6.45) is 0. The topological polar surface area (TPSA) is 107 Å². The van der Waals surface area contributed by atoms with Gasteiger partial charge in [-0.05, 0) is 12.1 Å². The summed E-state index contributed by atoms with van der Waals surface area (Å²) in [5.41, 5.74) is 10.6. The summed E-state index contributed by atoms with van der Waals surface area (Å²) < 4.78 is 5.17. The van der Waals surface area contributed by atoms with Gasteiger partial charge in [0.05, 0.1) is 10.6 Å². The number of ether oxygens (including phenoxy) is 1. The second-order valence-corrected chi connectivity index (χ2v) is 4.03. The molecule has 0 spiro atoms. The van der Waals surface area contributed by atoms with E-state index in [1.807, 2.05) is 5.32 Å². The Balaban J connectivity index is 2.79. The summed E-state index contributed by atoms with van der Waals surface area (Å²) in [4.78, 5) is 21.6. The lowest BCUT2D eigenvalue weighted by atomic mass is 10.2. The van der Waals surface area contributed by atoms with Gasteiger partial charge in [0.1, 0.15) is 10.7 Å². The van der Waals surface area contributed by atoms with Crippen molar-refractivity contribution in [3.05, 3.63) is 28.8 Å². The first-order valence-corrected chi connectivity index (χ1v) is 5.51. The van der Waals surface area contributed by atoms with E-state index in [1.165, 1.54) is 0 Å². The monoisotopic (exact) mass is 287 g/mol. The first-order chi connectivity index (χ1) is 8.41. The van der Waals surface area contributed by atoms with Crippen LogP contribution in [-0.2, 0) is 4.79 Å². The molecule has 1 aromatic rings. The number of amides is 3. The maximum atomic E-state index is 11.2. The molecule has 0 saturated carbocycles. The van der Waals surface area contributed by atoms with Crippen LogP contribution in [0.4, 0.5) is 4.79 Å². The summed E-state index contributed by atoms with van der Waals surface area (Å²) in [5.74, 6) is -0.425. The van der Waals surface area contributed by atoms with Crippen LogP contribution in [0, 0.1) is 0 Å². The molecule has 8 heteroatoms. The molecule has 5 N–H and O–H groups in total. The standard InChI is InChI=1S/C10H10ClN3O3S/c11-5-2-1-3-6(8(5)9(12)18)17-4-7(15)14-10(13)16/h1-3H,4H2,(H2,12,18)(H3,13,14,15,16). The Morgan fingerprint density at radius 1 is 1.39 bits per heavy atom. The lowest BCUT2D eigenvalue weighted by Gasteiger charge is -2.11. The molecular weight excluding hydrogens is 278 g/mol. The fourth-order valence-electron chi connectivity index (χ4n) is 1.18. The second kappa shape index (κ2) is 6.18. The quantitative estimate of drug-likeness (QED) is 0.701. The number of hydrogen-bond acceptors (Lipinski definition) is 4. The van der Waals surface area contributed by atoms with Gasteiger partial charge in [0.25, 0.3) is 5.91 Å². The molecule has 0 aliphatic rings. The van der Waals surface area contributed by atoms with Gasteiger partial charge >= 0.3 is 6.03 Å². The van der Waals surface area contributed by atoms with E-state index in [-0.39, 0.29) is 10.7 Å². The van der Waals surface area contributed by atoms with E-state index >= 15 is 0 Å². The number of carbonyl (C=O) groups is 2. The molecule has 3 amide bonds. The van der Waals surface area contributed by atoms with Crippen molar-refractivity contribution in [2.24, 2.45) is 11.5 Å². The highest BCUT2D eigenvalue weighted by Gasteiger charge is 2.12. The molecule has 1 aromatic carbocycles. The number of nitrogens with two attached hydrogens (primary N) is 2. The van der Waals surface area contributed by atoms with Crippen LogP contribution in [0.2, 0.25) is 5.02 Å². The number of imide groups is 1. The Kier molecular flexibility index (Phi) is 4.87. The molecule has 0 unspecified atom stereocenters. The second-order valence-electron chi connectivity index (χ2n) is 3.18. The Labute approximate surface area is 113 Å². The fraction of sp³-hybridized carbons (Fsp3) is 0.100. The van der Waals surface area contributed by atoms with E-state index in [1.54, 1.807) is 18.2 Å². The van der Waals surface area contributed by atoms with Gasteiger partial charge in [-0.2, -0.15) is 0 Å². The maximum absolute atomic E-state index is 11.2. The Bertz CT molecular complexity index is 507.